The Hall–Kier alpha value is -2.24. The summed E-state index contributed by atoms with van der Waals surface area (Å²) in [6.45, 7) is 0.781. The van der Waals surface area contributed by atoms with Gasteiger partial charge in [0.15, 0.2) is 0 Å². The highest BCUT2D eigenvalue weighted by molar-refractivity contribution is 9.10. The van der Waals surface area contributed by atoms with Crippen LogP contribution >= 0.6 is 27.5 Å². The van der Waals surface area contributed by atoms with Crippen molar-refractivity contribution < 1.29 is 14.2 Å². The fraction of sp³-hybridized carbons (Fsp3) is 0.100. The fourth-order valence-electron chi connectivity index (χ4n) is 2.40. The second kappa shape index (κ2) is 8.43. The Morgan fingerprint density at radius 1 is 1.00 bits per heavy atom. The third-order valence-corrected chi connectivity index (χ3v) is 4.62. The summed E-state index contributed by atoms with van der Waals surface area (Å²) in [6, 6.07) is 16.8. The van der Waals surface area contributed by atoms with Crippen molar-refractivity contribution in [2.45, 2.75) is 13.2 Å². The van der Waals surface area contributed by atoms with Crippen LogP contribution in [0.3, 0.4) is 0 Å². The van der Waals surface area contributed by atoms with Gasteiger partial charge in [-0.05, 0) is 54.6 Å². The van der Waals surface area contributed by atoms with E-state index in [0.717, 1.165) is 15.7 Å². The van der Waals surface area contributed by atoms with Gasteiger partial charge in [-0.2, -0.15) is 0 Å². The van der Waals surface area contributed by atoms with Gasteiger partial charge in [0, 0.05) is 27.8 Å². The highest BCUT2D eigenvalue weighted by Crippen LogP contribution is 2.27. The molecule has 26 heavy (non-hydrogen) atoms. The lowest BCUT2D eigenvalue weighted by Crippen LogP contribution is -2.04. The first kappa shape index (κ1) is 18.5. The Bertz CT molecular complexity index is 903. The van der Waals surface area contributed by atoms with E-state index >= 15 is 0 Å². The summed E-state index contributed by atoms with van der Waals surface area (Å²) in [5.74, 6) is 0.555. The highest BCUT2D eigenvalue weighted by Gasteiger charge is 2.08. The van der Waals surface area contributed by atoms with Crippen molar-refractivity contribution in [1.82, 2.24) is 0 Å². The predicted octanol–water partition coefficient (Wildman–Crippen LogP) is 6.14. The molecular formula is C20H16BrClFNO2. The molecule has 6 heteroatoms. The molecule has 134 valence electrons. The molecule has 3 nitrogen and oxygen atoms in total. The SMILES string of the molecule is Oc1ccc(NCc2cc(Br)ccc2OCc2ccc(F)cc2Cl)cc1. The van der Waals surface area contributed by atoms with Gasteiger partial charge in [0.2, 0.25) is 0 Å². The van der Waals surface area contributed by atoms with E-state index in [0.29, 0.717) is 22.9 Å². The first-order valence-corrected chi connectivity index (χ1v) is 9.06. The number of phenols is 1. The highest BCUT2D eigenvalue weighted by atomic mass is 79.9. The van der Waals surface area contributed by atoms with Crippen LogP contribution in [0.25, 0.3) is 0 Å². The van der Waals surface area contributed by atoms with Gasteiger partial charge >= 0.3 is 0 Å². The van der Waals surface area contributed by atoms with Crippen LogP contribution in [0, 0.1) is 5.82 Å². The summed E-state index contributed by atoms with van der Waals surface area (Å²) in [5, 5.41) is 13.0. The monoisotopic (exact) mass is 435 g/mol. The van der Waals surface area contributed by atoms with Crippen molar-refractivity contribution in [3.05, 3.63) is 87.1 Å². The van der Waals surface area contributed by atoms with Crippen LogP contribution in [0.5, 0.6) is 11.5 Å². The van der Waals surface area contributed by atoms with Crippen LogP contribution in [-0.4, -0.2) is 5.11 Å². The van der Waals surface area contributed by atoms with Crippen LogP contribution in [0.4, 0.5) is 10.1 Å². The number of benzene rings is 3. The molecule has 0 saturated heterocycles. The molecule has 0 radical (unpaired) electrons. The number of phenolic OH excluding ortho intramolecular Hbond substituents is 1. The molecule has 0 atom stereocenters. The van der Waals surface area contributed by atoms with Crippen molar-refractivity contribution in [2.24, 2.45) is 0 Å². The van der Waals surface area contributed by atoms with Gasteiger partial charge in [-0.15, -0.1) is 0 Å². The fourth-order valence-corrected chi connectivity index (χ4v) is 3.03. The Balaban J connectivity index is 1.71. The van der Waals surface area contributed by atoms with Crippen LogP contribution in [0.1, 0.15) is 11.1 Å². The first-order chi connectivity index (χ1) is 12.5. The van der Waals surface area contributed by atoms with E-state index in [9.17, 15) is 9.50 Å². The number of rotatable bonds is 6. The summed E-state index contributed by atoms with van der Waals surface area (Å²) in [5.41, 5.74) is 2.55. The van der Waals surface area contributed by atoms with Gasteiger partial charge in [-0.3, -0.25) is 0 Å². The Labute approximate surface area is 164 Å². The van der Waals surface area contributed by atoms with Crippen molar-refractivity contribution in [3.8, 4) is 11.5 Å². The van der Waals surface area contributed by atoms with Crippen LogP contribution in [0.2, 0.25) is 5.02 Å². The van der Waals surface area contributed by atoms with Crippen molar-refractivity contribution in [3.63, 3.8) is 0 Å². The summed E-state index contributed by atoms with van der Waals surface area (Å²) in [7, 11) is 0. The molecular weight excluding hydrogens is 421 g/mol. The largest absolute Gasteiger partial charge is 0.508 e. The molecule has 0 aliphatic rings. The van der Waals surface area contributed by atoms with Gasteiger partial charge < -0.3 is 15.2 Å². The summed E-state index contributed by atoms with van der Waals surface area (Å²) in [4.78, 5) is 0. The molecule has 2 N–H and O–H groups in total. The smallest absolute Gasteiger partial charge is 0.124 e. The Morgan fingerprint density at radius 3 is 2.50 bits per heavy atom. The molecule has 0 amide bonds. The lowest BCUT2D eigenvalue weighted by atomic mass is 10.2. The minimum absolute atomic E-state index is 0.221. The normalized spacial score (nSPS) is 10.6. The second-order valence-corrected chi connectivity index (χ2v) is 7.00. The molecule has 0 unspecified atom stereocenters. The maximum atomic E-state index is 13.2. The number of hydrogen-bond donors (Lipinski definition) is 2. The Kier molecular flexibility index (Phi) is 6.01. The summed E-state index contributed by atoms with van der Waals surface area (Å²) >= 11 is 9.52. The molecule has 0 saturated carbocycles. The van der Waals surface area contributed by atoms with Gasteiger partial charge in [0.25, 0.3) is 0 Å². The van der Waals surface area contributed by atoms with Gasteiger partial charge in [0.05, 0.1) is 5.02 Å². The van der Waals surface area contributed by atoms with Crippen molar-refractivity contribution in [2.75, 3.05) is 5.32 Å². The molecule has 0 fully saturated rings. The van der Waals surface area contributed by atoms with E-state index in [4.69, 9.17) is 16.3 Å². The molecule has 3 rings (SSSR count). The number of hydrogen-bond acceptors (Lipinski definition) is 3. The molecule has 3 aromatic carbocycles. The Morgan fingerprint density at radius 2 is 1.77 bits per heavy atom. The van der Waals surface area contributed by atoms with E-state index < -0.39 is 0 Å². The second-order valence-electron chi connectivity index (χ2n) is 5.68. The molecule has 0 bridgehead atoms. The summed E-state index contributed by atoms with van der Waals surface area (Å²) in [6.07, 6.45) is 0. The van der Waals surface area contributed by atoms with Crippen molar-refractivity contribution in [1.29, 1.82) is 0 Å². The first-order valence-electron chi connectivity index (χ1n) is 7.89. The lowest BCUT2D eigenvalue weighted by molar-refractivity contribution is 0.303. The van der Waals surface area contributed by atoms with Crippen molar-refractivity contribution >= 4 is 33.2 Å². The van der Waals surface area contributed by atoms with Gasteiger partial charge in [0.1, 0.15) is 23.9 Å². The zero-order valence-corrected chi connectivity index (χ0v) is 16.0. The maximum absolute atomic E-state index is 13.2. The topological polar surface area (TPSA) is 41.5 Å². The number of halogens is 3. The zero-order valence-electron chi connectivity index (χ0n) is 13.7. The third kappa shape index (κ3) is 4.90. The average molecular weight is 437 g/mol. The van der Waals surface area contributed by atoms with E-state index in [1.165, 1.54) is 12.1 Å². The number of nitrogens with one attached hydrogen (secondary N) is 1. The van der Waals surface area contributed by atoms with E-state index in [2.05, 4.69) is 21.2 Å². The van der Waals surface area contributed by atoms with E-state index in [1.807, 2.05) is 18.2 Å². The minimum atomic E-state index is -0.374. The molecule has 0 aromatic heterocycles. The maximum Gasteiger partial charge on any atom is 0.124 e. The molecule has 0 spiro atoms. The average Bonchev–Trinajstić information content (AvgIpc) is 2.62. The predicted molar refractivity (Wildman–Crippen MR) is 105 cm³/mol. The van der Waals surface area contributed by atoms with Crippen LogP contribution < -0.4 is 10.1 Å². The molecule has 0 heterocycles. The minimum Gasteiger partial charge on any atom is -0.508 e. The van der Waals surface area contributed by atoms with Crippen LogP contribution in [0.15, 0.2) is 65.1 Å². The standard InChI is InChI=1S/C20H16BrClFNO2/c21-15-2-8-20(26-12-13-1-3-16(23)10-19(13)22)14(9-15)11-24-17-4-6-18(25)7-5-17/h1-10,24-25H,11-12H2. The van der Waals surface area contributed by atoms with E-state index in [1.54, 1.807) is 30.3 Å². The van der Waals surface area contributed by atoms with Gasteiger partial charge in [-0.1, -0.05) is 33.6 Å². The third-order valence-electron chi connectivity index (χ3n) is 3.77. The van der Waals surface area contributed by atoms with Crippen LogP contribution in [-0.2, 0) is 13.2 Å². The number of anilines is 1. The van der Waals surface area contributed by atoms with E-state index in [-0.39, 0.29) is 18.2 Å². The summed E-state index contributed by atoms with van der Waals surface area (Å²) < 4.78 is 20.0. The number of aromatic hydroxyl groups is 1. The lowest BCUT2D eigenvalue weighted by Gasteiger charge is -2.14. The quantitative estimate of drug-likeness (QED) is 0.456. The molecule has 0 aliphatic carbocycles. The molecule has 0 aliphatic heterocycles. The zero-order chi connectivity index (χ0) is 18.5. The van der Waals surface area contributed by atoms with Gasteiger partial charge in [-0.25, -0.2) is 4.39 Å². The molecule has 3 aromatic rings. The number of ether oxygens (including phenoxy) is 1.